The van der Waals surface area contributed by atoms with Gasteiger partial charge in [0.25, 0.3) is 10.0 Å². The lowest BCUT2D eigenvalue weighted by molar-refractivity contribution is -0.155. The van der Waals surface area contributed by atoms with Crippen LogP contribution in [0.1, 0.15) is 30.4 Å². The number of halogens is 3. The predicted octanol–water partition coefficient (Wildman–Crippen LogP) is 2.42. The van der Waals surface area contributed by atoms with Crippen molar-refractivity contribution in [1.29, 1.82) is 0 Å². The molecule has 3 aromatic heterocycles. The monoisotopic (exact) mass is 391 g/mol. The molecule has 0 aliphatic rings. The lowest BCUT2D eigenvalue weighted by atomic mass is 10.3. The first-order valence-electron chi connectivity index (χ1n) is 7.11. The number of aromatic nitrogens is 4. The van der Waals surface area contributed by atoms with Crippen molar-refractivity contribution in [3.8, 4) is 11.5 Å². The summed E-state index contributed by atoms with van der Waals surface area (Å²) in [7, 11) is -4.10. The van der Waals surface area contributed by atoms with Crippen LogP contribution in [-0.2, 0) is 16.2 Å². The molecule has 3 rings (SSSR count). The van der Waals surface area contributed by atoms with Crippen molar-refractivity contribution in [2.24, 2.45) is 0 Å². The number of alkyl halides is 3. The SMILES string of the molecule is Cc1nc([C@@H](C)NS(=O)(=O)c2ccc(-c3cc(C(F)(F)F)on3)o2)n[nH]1. The zero-order valence-electron chi connectivity index (χ0n) is 13.3. The standard InChI is InChI=1S/C13H12F3N5O4S/c1-6(12-17-7(2)18-19-12)21-26(22,23)11-4-3-9(24-11)8-5-10(25-20-8)13(14,15)16/h3-6,21H,1-2H3,(H,17,18,19)/t6-/m1/s1. The molecule has 2 N–H and O–H groups in total. The predicted molar refractivity (Wildman–Crippen MR) is 79.1 cm³/mol. The number of H-pyrrole nitrogens is 1. The average Bonchev–Trinajstić information content (AvgIpc) is 3.25. The fourth-order valence-corrected chi connectivity index (χ4v) is 3.16. The summed E-state index contributed by atoms with van der Waals surface area (Å²) in [5, 5.41) is 9.17. The number of hydrogen-bond acceptors (Lipinski definition) is 7. The van der Waals surface area contributed by atoms with Gasteiger partial charge in [-0.3, -0.25) is 5.10 Å². The Kier molecular flexibility index (Phi) is 4.36. The molecule has 140 valence electrons. The zero-order chi connectivity index (χ0) is 19.1. The Morgan fingerprint density at radius 1 is 1.31 bits per heavy atom. The van der Waals surface area contributed by atoms with E-state index in [1.54, 1.807) is 6.92 Å². The second-order valence-corrected chi connectivity index (χ2v) is 6.96. The molecular formula is C13H12F3N5O4S. The minimum atomic E-state index is -4.71. The molecule has 26 heavy (non-hydrogen) atoms. The lowest BCUT2D eigenvalue weighted by Crippen LogP contribution is -2.27. The van der Waals surface area contributed by atoms with E-state index in [1.165, 1.54) is 13.0 Å². The van der Waals surface area contributed by atoms with Crippen molar-refractivity contribution in [3.63, 3.8) is 0 Å². The van der Waals surface area contributed by atoms with Crippen LogP contribution in [0.15, 0.2) is 32.2 Å². The first kappa shape index (κ1) is 18.1. The topological polar surface area (TPSA) is 127 Å². The molecule has 0 saturated carbocycles. The third kappa shape index (κ3) is 3.62. The van der Waals surface area contributed by atoms with Crippen LogP contribution in [0.2, 0.25) is 0 Å². The Morgan fingerprint density at radius 3 is 2.62 bits per heavy atom. The van der Waals surface area contributed by atoms with E-state index in [0.717, 1.165) is 6.07 Å². The van der Waals surface area contributed by atoms with Gasteiger partial charge < -0.3 is 8.94 Å². The highest BCUT2D eigenvalue weighted by atomic mass is 32.2. The first-order valence-corrected chi connectivity index (χ1v) is 8.60. The van der Waals surface area contributed by atoms with Gasteiger partial charge in [-0.1, -0.05) is 5.16 Å². The van der Waals surface area contributed by atoms with E-state index in [0.29, 0.717) is 11.9 Å². The molecule has 13 heteroatoms. The third-order valence-corrected chi connectivity index (χ3v) is 4.63. The van der Waals surface area contributed by atoms with Crippen LogP contribution in [0.3, 0.4) is 0 Å². The largest absolute Gasteiger partial charge is 0.452 e. The molecule has 9 nitrogen and oxygen atoms in total. The minimum Gasteiger partial charge on any atom is -0.441 e. The van der Waals surface area contributed by atoms with Crippen molar-refractivity contribution in [1.82, 2.24) is 25.1 Å². The summed E-state index contributed by atoms with van der Waals surface area (Å²) in [4.78, 5) is 4.01. The number of furan rings is 1. The molecule has 0 fully saturated rings. The highest BCUT2D eigenvalue weighted by Crippen LogP contribution is 2.33. The minimum absolute atomic E-state index is 0.189. The van der Waals surface area contributed by atoms with Gasteiger partial charge in [0, 0.05) is 6.07 Å². The van der Waals surface area contributed by atoms with Crippen LogP contribution >= 0.6 is 0 Å². The Labute approximate surface area is 144 Å². The van der Waals surface area contributed by atoms with Crippen LogP contribution in [0.4, 0.5) is 13.2 Å². The summed E-state index contributed by atoms with van der Waals surface area (Å²) in [6.45, 7) is 3.18. The van der Waals surface area contributed by atoms with Crippen molar-refractivity contribution in [2.75, 3.05) is 0 Å². The van der Waals surface area contributed by atoms with Crippen LogP contribution in [0.25, 0.3) is 11.5 Å². The molecule has 3 aromatic rings. The van der Waals surface area contributed by atoms with E-state index in [9.17, 15) is 21.6 Å². The summed E-state index contributed by atoms with van der Waals surface area (Å²) in [6, 6.07) is 2.12. The van der Waals surface area contributed by atoms with Crippen molar-refractivity contribution in [3.05, 3.63) is 35.6 Å². The number of nitrogens with one attached hydrogen (secondary N) is 2. The van der Waals surface area contributed by atoms with Crippen molar-refractivity contribution >= 4 is 10.0 Å². The van der Waals surface area contributed by atoms with E-state index in [-0.39, 0.29) is 17.3 Å². The molecule has 0 aromatic carbocycles. The molecule has 3 heterocycles. The Hall–Kier alpha value is -2.67. The normalized spacial score (nSPS) is 13.9. The van der Waals surface area contributed by atoms with Gasteiger partial charge in [0.2, 0.25) is 10.9 Å². The molecule has 0 bridgehead atoms. The third-order valence-electron chi connectivity index (χ3n) is 3.22. The number of sulfonamides is 1. The van der Waals surface area contributed by atoms with Gasteiger partial charge >= 0.3 is 6.18 Å². The quantitative estimate of drug-likeness (QED) is 0.684. The summed E-state index contributed by atoms with van der Waals surface area (Å²) >= 11 is 0. The number of hydrogen-bond donors (Lipinski definition) is 2. The molecule has 0 aliphatic heterocycles. The van der Waals surface area contributed by atoms with Gasteiger partial charge in [0.1, 0.15) is 11.5 Å². The number of rotatable bonds is 5. The maximum absolute atomic E-state index is 12.5. The Morgan fingerprint density at radius 2 is 2.04 bits per heavy atom. The summed E-state index contributed by atoms with van der Waals surface area (Å²) in [6.07, 6.45) is -4.71. The molecule has 0 amide bonds. The van der Waals surface area contributed by atoms with E-state index >= 15 is 0 Å². The molecule has 1 atom stereocenters. The summed E-state index contributed by atoms with van der Waals surface area (Å²) in [5.74, 6) is -0.770. The van der Waals surface area contributed by atoms with Crippen LogP contribution in [0.5, 0.6) is 0 Å². The highest BCUT2D eigenvalue weighted by Gasteiger charge is 2.36. The second-order valence-electron chi connectivity index (χ2n) is 5.31. The molecule has 0 saturated heterocycles. The fourth-order valence-electron chi connectivity index (χ4n) is 2.02. The molecule has 0 aliphatic carbocycles. The number of nitrogens with zero attached hydrogens (tertiary/aromatic N) is 3. The smallest absolute Gasteiger partial charge is 0.441 e. The zero-order valence-corrected chi connectivity index (χ0v) is 14.1. The second kappa shape index (κ2) is 6.25. The maximum atomic E-state index is 12.5. The average molecular weight is 391 g/mol. The summed E-state index contributed by atoms with van der Waals surface area (Å²) in [5.41, 5.74) is -0.281. The van der Waals surface area contributed by atoms with Crippen molar-refractivity contribution in [2.45, 2.75) is 31.2 Å². The van der Waals surface area contributed by atoms with E-state index < -0.39 is 33.1 Å². The van der Waals surface area contributed by atoms with Crippen LogP contribution in [-0.4, -0.2) is 28.8 Å². The van der Waals surface area contributed by atoms with E-state index in [4.69, 9.17) is 4.42 Å². The molecule has 0 unspecified atom stereocenters. The first-order chi connectivity index (χ1) is 12.1. The van der Waals surface area contributed by atoms with Gasteiger partial charge in [-0.2, -0.15) is 23.0 Å². The van der Waals surface area contributed by atoms with Gasteiger partial charge in [-0.15, -0.1) is 0 Å². The lowest BCUT2D eigenvalue weighted by Gasteiger charge is -2.09. The molecule has 0 radical (unpaired) electrons. The van der Waals surface area contributed by atoms with E-state index in [1.807, 2.05) is 0 Å². The number of aromatic amines is 1. The number of aryl methyl sites for hydroxylation is 1. The molecular weight excluding hydrogens is 379 g/mol. The fraction of sp³-hybridized carbons (Fsp3) is 0.308. The molecule has 0 spiro atoms. The summed E-state index contributed by atoms with van der Waals surface area (Å²) < 4.78 is 73.9. The van der Waals surface area contributed by atoms with Crippen LogP contribution in [0, 0.1) is 6.92 Å². The van der Waals surface area contributed by atoms with Crippen LogP contribution < -0.4 is 4.72 Å². The highest BCUT2D eigenvalue weighted by molar-refractivity contribution is 7.89. The Balaban J connectivity index is 1.81. The maximum Gasteiger partial charge on any atom is 0.452 e. The Bertz CT molecular complexity index is 1020. The van der Waals surface area contributed by atoms with Gasteiger partial charge in [0.15, 0.2) is 11.6 Å². The van der Waals surface area contributed by atoms with Gasteiger partial charge in [-0.25, -0.2) is 13.4 Å². The van der Waals surface area contributed by atoms with Gasteiger partial charge in [-0.05, 0) is 26.0 Å². The van der Waals surface area contributed by atoms with Crippen molar-refractivity contribution < 1.29 is 30.5 Å². The van der Waals surface area contributed by atoms with E-state index in [2.05, 4.69) is 29.6 Å². The van der Waals surface area contributed by atoms with Gasteiger partial charge in [0.05, 0.1) is 6.04 Å².